The lowest BCUT2D eigenvalue weighted by Gasteiger charge is -2.25. The molecule has 13 heteroatoms. The second-order valence-electron chi connectivity index (χ2n) is 23.8. The third-order valence-corrected chi connectivity index (χ3v) is 14.0. The number of ketones is 2. The fourth-order valence-corrected chi connectivity index (χ4v) is 9.56. The highest BCUT2D eigenvalue weighted by Gasteiger charge is 2.32. The molecule has 0 bridgehead atoms. The van der Waals surface area contributed by atoms with Gasteiger partial charge in [0.1, 0.15) is 35.9 Å². The maximum atomic E-state index is 14.8. The molecular weight excluding hydrogens is 1020 g/mol. The predicted molar refractivity (Wildman–Crippen MR) is 321 cm³/mol. The van der Waals surface area contributed by atoms with E-state index in [0.717, 1.165) is 47.9 Å². The number of nitrogens with one attached hydrogen (secondary N) is 2. The molecule has 0 aliphatic heterocycles. The molecule has 0 radical (unpaired) electrons. The fraction of sp³-hybridized carbons (Fsp3) is 0.559. The minimum Gasteiger partial charge on any atom is -0.488 e. The van der Waals surface area contributed by atoms with Crippen molar-refractivity contribution < 1.29 is 47.7 Å². The van der Waals surface area contributed by atoms with Crippen LogP contribution in [-0.4, -0.2) is 65.1 Å². The number of nitrogens with two attached hydrogens (primary N) is 1. The number of carbonyl (C=O) groups excluding carboxylic acids is 6. The number of carbonyl (C=O) groups is 6. The smallest absolute Gasteiger partial charge is 0.306 e. The quantitative estimate of drug-likeness (QED) is 0.0284. The number of amides is 2. The average molecular weight is 1120 g/mol. The normalized spacial score (nSPS) is 13.0. The molecule has 0 fully saturated rings. The minimum atomic E-state index is -1.25. The van der Waals surface area contributed by atoms with Gasteiger partial charge in [-0.1, -0.05) is 175 Å². The number of ether oxygens (including phenoxy) is 4. The van der Waals surface area contributed by atoms with Crippen LogP contribution in [0.2, 0.25) is 0 Å². The van der Waals surface area contributed by atoms with Crippen molar-refractivity contribution in [3.05, 3.63) is 131 Å². The first-order valence-corrected chi connectivity index (χ1v) is 30.1. The summed E-state index contributed by atoms with van der Waals surface area (Å²) in [5.41, 5.74) is 8.92. The number of hydrogen-bond donors (Lipinski definition) is 3. The lowest BCUT2D eigenvalue weighted by atomic mass is 9.88. The first kappa shape index (κ1) is 67.2. The van der Waals surface area contributed by atoms with Crippen LogP contribution in [0.25, 0.3) is 0 Å². The molecule has 4 atom stereocenters. The lowest BCUT2D eigenvalue weighted by molar-refractivity contribution is -0.147. The summed E-state index contributed by atoms with van der Waals surface area (Å²) in [7, 11) is 0. The van der Waals surface area contributed by atoms with Gasteiger partial charge in [-0.25, -0.2) is 0 Å². The number of rotatable bonds is 40. The molecule has 4 aromatic rings. The van der Waals surface area contributed by atoms with Gasteiger partial charge in [-0.15, -0.1) is 0 Å². The van der Waals surface area contributed by atoms with Crippen LogP contribution in [0.5, 0.6) is 11.5 Å². The van der Waals surface area contributed by atoms with E-state index in [1.807, 2.05) is 151 Å². The Morgan fingerprint density at radius 3 is 1.35 bits per heavy atom. The van der Waals surface area contributed by atoms with Gasteiger partial charge in [0.2, 0.25) is 11.8 Å². The Morgan fingerprint density at radius 2 is 0.889 bits per heavy atom. The van der Waals surface area contributed by atoms with Gasteiger partial charge in [-0.2, -0.15) is 0 Å². The summed E-state index contributed by atoms with van der Waals surface area (Å²) in [6.07, 6.45) is 16.2. The maximum absolute atomic E-state index is 14.8. The van der Waals surface area contributed by atoms with Crippen molar-refractivity contribution in [3.63, 3.8) is 0 Å². The Balaban J connectivity index is 1.51. The van der Waals surface area contributed by atoms with Crippen molar-refractivity contribution in [1.82, 2.24) is 10.6 Å². The highest BCUT2D eigenvalue weighted by atomic mass is 16.5. The van der Waals surface area contributed by atoms with Crippen LogP contribution >= 0.6 is 0 Å². The molecule has 4 rings (SSSR count). The SMILES string of the molecule is CCCCCCCCCCCCCCCCNC(=O)[C@@H](CCC(=O)OCc1ccccc1)CC(=O)[C@@H](CCC(=O)OCc1ccccc1)NC(=O)[C@H](CC(=O)[C@H](N)Cc1ccc(OC(C)(C)C)cc1)Cc1ccc(OC(C)(C)C)cc1. The van der Waals surface area contributed by atoms with Crippen LogP contribution in [0.3, 0.4) is 0 Å². The maximum Gasteiger partial charge on any atom is 0.306 e. The fourth-order valence-electron chi connectivity index (χ4n) is 9.56. The molecule has 4 N–H and O–H groups in total. The van der Waals surface area contributed by atoms with Crippen molar-refractivity contribution in [2.75, 3.05) is 6.54 Å². The van der Waals surface area contributed by atoms with Crippen LogP contribution in [0, 0.1) is 11.8 Å². The molecule has 0 aliphatic rings. The molecule has 0 saturated heterocycles. The first-order chi connectivity index (χ1) is 38.8. The van der Waals surface area contributed by atoms with Crippen LogP contribution in [0.1, 0.15) is 199 Å². The molecule has 81 heavy (non-hydrogen) atoms. The molecule has 0 spiro atoms. The Bertz CT molecular complexity index is 2450. The van der Waals surface area contributed by atoms with E-state index < -0.39 is 58.8 Å². The first-order valence-electron chi connectivity index (χ1n) is 30.1. The topological polar surface area (TPSA) is 189 Å². The summed E-state index contributed by atoms with van der Waals surface area (Å²) in [6, 6.07) is 31.0. The number of unbranched alkanes of at least 4 members (excludes halogenated alkanes) is 13. The monoisotopic (exact) mass is 1120 g/mol. The van der Waals surface area contributed by atoms with Crippen molar-refractivity contribution >= 4 is 35.3 Å². The molecule has 0 unspecified atom stereocenters. The van der Waals surface area contributed by atoms with Crippen LogP contribution in [0.15, 0.2) is 109 Å². The standard InChI is InChI=1S/C68H97N3O10/c1-8-9-10-11-12-13-14-15-16-17-18-19-20-27-44-70-65(76)55(36-42-63(74)78-49-53-28-23-21-24-29-53)47-62(73)60(41-43-64(75)79-50-54-30-25-22-26-31-54)71-66(77)56(45-51-32-37-57(38-33-51)80-67(2,3)4)48-61(72)59(69)46-52-34-39-58(40-35-52)81-68(5,6)7/h21-26,28-35,37-40,55-56,59-60H,8-20,27,36,41-50,69H2,1-7H3,(H,70,76)(H,71,77)/t55-,56-,59+,60+/m0/s1. The Kier molecular flexibility index (Phi) is 30.6. The van der Waals surface area contributed by atoms with E-state index in [9.17, 15) is 28.8 Å². The van der Waals surface area contributed by atoms with E-state index in [1.165, 1.54) is 64.2 Å². The van der Waals surface area contributed by atoms with Gasteiger partial charge in [0.05, 0.1) is 12.1 Å². The summed E-state index contributed by atoms with van der Waals surface area (Å²) in [5, 5.41) is 5.95. The Hall–Kier alpha value is -6.34. The van der Waals surface area contributed by atoms with Gasteiger partial charge < -0.3 is 35.3 Å². The zero-order valence-corrected chi connectivity index (χ0v) is 50.0. The number of Topliss-reactive ketones (excluding diaryl/α,β-unsaturated/α-hetero) is 2. The molecule has 0 aliphatic carbocycles. The third kappa shape index (κ3) is 29.8. The third-order valence-electron chi connectivity index (χ3n) is 14.0. The zero-order chi connectivity index (χ0) is 58.9. The van der Waals surface area contributed by atoms with Gasteiger partial charge in [0.15, 0.2) is 11.6 Å². The van der Waals surface area contributed by atoms with Crippen molar-refractivity contribution in [3.8, 4) is 11.5 Å². The molecule has 4 aromatic carbocycles. The molecule has 13 nitrogen and oxygen atoms in total. The van der Waals surface area contributed by atoms with E-state index in [4.69, 9.17) is 24.7 Å². The molecule has 0 aromatic heterocycles. The predicted octanol–water partition coefficient (Wildman–Crippen LogP) is 13.4. The molecule has 444 valence electrons. The molecule has 0 heterocycles. The van der Waals surface area contributed by atoms with Crippen molar-refractivity contribution in [2.24, 2.45) is 17.6 Å². The van der Waals surface area contributed by atoms with Gasteiger partial charge in [0, 0.05) is 44.1 Å². The zero-order valence-electron chi connectivity index (χ0n) is 50.0. The highest BCUT2D eigenvalue weighted by molar-refractivity contribution is 5.95. The van der Waals surface area contributed by atoms with Gasteiger partial charge in [-0.3, -0.25) is 28.8 Å². The van der Waals surface area contributed by atoms with Crippen LogP contribution in [0.4, 0.5) is 0 Å². The van der Waals surface area contributed by atoms with Gasteiger partial charge in [-0.05, 0) is 120 Å². The summed E-state index contributed by atoms with van der Waals surface area (Å²) in [4.78, 5) is 84.2. The molecule has 2 amide bonds. The van der Waals surface area contributed by atoms with Gasteiger partial charge >= 0.3 is 11.9 Å². The summed E-state index contributed by atoms with van der Waals surface area (Å²) >= 11 is 0. The largest absolute Gasteiger partial charge is 0.488 e. The van der Waals surface area contributed by atoms with Crippen molar-refractivity contribution in [1.29, 1.82) is 0 Å². The number of benzene rings is 4. The van der Waals surface area contributed by atoms with E-state index in [2.05, 4.69) is 17.6 Å². The number of hydrogen-bond acceptors (Lipinski definition) is 11. The van der Waals surface area contributed by atoms with E-state index in [0.29, 0.717) is 18.0 Å². The number of esters is 2. The van der Waals surface area contributed by atoms with E-state index in [1.54, 1.807) is 0 Å². The highest BCUT2D eigenvalue weighted by Crippen LogP contribution is 2.25. The van der Waals surface area contributed by atoms with E-state index in [-0.39, 0.29) is 76.3 Å². The Morgan fingerprint density at radius 1 is 0.469 bits per heavy atom. The summed E-state index contributed by atoms with van der Waals surface area (Å²) < 4.78 is 23.2. The second-order valence-corrected chi connectivity index (χ2v) is 23.8. The van der Waals surface area contributed by atoms with E-state index >= 15 is 0 Å². The summed E-state index contributed by atoms with van der Waals surface area (Å²) in [5.74, 6) is -3.53. The summed E-state index contributed by atoms with van der Waals surface area (Å²) in [6.45, 7) is 14.5. The molecular formula is C68H97N3O10. The second kappa shape index (κ2) is 36.9. The van der Waals surface area contributed by atoms with Crippen LogP contribution < -0.4 is 25.8 Å². The lowest BCUT2D eigenvalue weighted by Crippen LogP contribution is -2.47. The minimum absolute atomic E-state index is 0.0139. The van der Waals surface area contributed by atoms with Gasteiger partial charge in [0.25, 0.3) is 0 Å². The molecule has 0 saturated carbocycles. The average Bonchev–Trinajstić information content (AvgIpc) is 3.43. The van der Waals surface area contributed by atoms with Crippen molar-refractivity contribution in [2.45, 2.75) is 226 Å². The van der Waals surface area contributed by atoms with Crippen LogP contribution in [-0.2, 0) is 64.3 Å². The Labute approximate surface area is 485 Å².